The zero-order chi connectivity index (χ0) is 44.4. The predicted octanol–water partition coefficient (Wildman–Crippen LogP) is 15.5. The van der Waals surface area contributed by atoms with E-state index in [9.17, 15) is 14.4 Å². The molecule has 0 saturated heterocycles. The van der Waals surface area contributed by atoms with Crippen LogP contribution in [0.1, 0.15) is 175 Å². The minimum atomic E-state index is -0.841. The maximum atomic E-state index is 12.7. The van der Waals surface area contributed by atoms with E-state index in [1.807, 2.05) is 54.7 Å². The molecule has 0 bridgehead atoms. The summed E-state index contributed by atoms with van der Waals surface area (Å²) in [5, 5.41) is 0. The minimum Gasteiger partial charge on any atom is -0.462 e. The molecule has 1 atom stereocenters. The highest BCUT2D eigenvalue weighted by atomic mass is 16.6. The zero-order valence-corrected chi connectivity index (χ0v) is 38.6. The molecule has 6 heteroatoms. The van der Waals surface area contributed by atoms with E-state index >= 15 is 0 Å². The van der Waals surface area contributed by atoms with Gasteiger partial charge in [-0.25, -0.2) is 0 Å². The molecule has 0 spiro atoms. The topological polar surface area (TPSA) is 78.9 Å². The molecule has 0 aromatic heterocycles. The van der Waals surface area contributed by atoms with Gasteiger partial charge >= 0.3 is 17.9 Å². The average Bonchev–Trinajstić information content (AvgIpc) is 3.26. The Labute approximate surface area is 373 Å². The van der Waals surface area contributed by atoms with Gasteiger partial charge in [-0.3, -0.25) is 14.4 Å². The van der Waals surface area contributed by atoms with Gasteiger partial charge < -0.3 is 14.2 Å². The lowest BCUT2D eigenvalue weighted by atomic mass is 10.1. The lowest BCUT2D eigenvalue weighted by Crippen LogP contribution is -2.30. The Morgan fingerprint density at radius 3 is 1.18 bits per heavy atom. The molecule has 0 N–H and O–H groups in total. The number of esters is 3. The van der Waals surface area contributed by atoms with Crippen molar-refractivity contribution in [3.8, 4) is 0 Å². The second kappa shape index (κ2) is 48.2. The fourth-order valence-electron chi connectivity index (χ4n) is 5.80. The number of carbonyl (C=O) groups is 3. The number of rotatable bonds is 40. The second-order valence-corrected chi connectivity index (χ2v) is 15.0. The second-order valence-electron chi connectivity index (χ2n) is 15.0. The first-order valence-electron chi connectivity index (χ1n) is 23.8. The van der Waals surface area contributed by atoms with Gasteiger partial charge in [0.2, 0.25) is 0 Å². The fraction of sp³-hybridized carbons (Fsp3) is 0.545. The van der Waals surface area contributed by atoms with Crippen LogP contribution in [-0.4, -0.2) is 37.2 Å². The van der Waals surface area contributed by atoms with E-state index in [1.165, 1.54) is 38.5 Å². The Balaban J connectivity index is 4.51. The summed E-state index contributed by atoms with van der Waals surface area (Å²) in [5.41, 5.74) is 0. The number of unbranched alkanes of at least 4 members (excludes halogenated alkanes) is 11. The lowest BCUT2D eigenvalue weighted by molar-refractivity contribution is -0.167. The van der Waals surface area contributed by atoms with E-state index in [0.29, 0.717) is 19.3 Å². The molecule has 0 aliphatic heterocycles. The van der Waals surface area contributed by atoms with Gasteiger partial charge in [-0.05, 0) is 89.9 Å². The lowest BCUT2D eigenvalue weighted by Gasteiger charge is -2.18. The van der Waals surface area contributed by atoms with Crippen LogP contribution in [0.3, 0.4) is 0 Å². The van der Waals surface area contributed by atoms with Crippen LogP contribution in [0.15, 0.2) is 134 Å². The maximum Gasteiger partial charge on any atom is 0.306 e. The monoisotopic (exact) mass is 841 g/mol. The van der Waals surface area contributed by atoms with Crippen molar-refractivity contribution in [2.45, 2.75) is 181 Å². The van der Waals surface area contributed by atoms with Crippen LogP contribution >= 0.6 is 0 Å². The minimum absolute atomic E-state index is 0.131. The standard InChI is InChI=1S/C55H84O6/c1-4-7-10-13-16-19-22-24-25-26-27-28-29-31-33-36-39-42-45-48-54(57)60-51-52(50-59-53(56)47-44-41-38-35-32-21-18-15-12-9-6-3)61-55(58)49-46-43-40-37-34-30-23-20-17-14-11-8-5-2/h7-12,14,16-21,23-25,30,34-35,37-38,40,52H,4-6,13,15,22,26-29,31-33,36,39,41-51H2,1-3H3/b10-7-,11-8-,12-9-,17-14-,19-16-,21-18-,23-20-,25-24-,34-30-,38-35-,40-37-. The molecule has 0 rings (SSSR count). The van der Waals surface area contributed by atoms with Crippen molar-refractivity contribution in [2.75, 3.05) is 13.2 Å². The summed E-state index contributed by atoms with van der Waals surface area (Å²) in [6, 6.07) is 0. The van der Waals surface area contributed by atoms with Crippen LogP contribution in [0.25, 0.3) is 0 Å². The van der Waals surface area contributed by atoms with Gasteiger partial charge in [0.15, 0.2) is 6.10 Å². The Hall–Kier alpha value is -4.45. The predicted molar refractivity (Wildman–Crippen MR) is 260 cm³/mol. The average molecular weight is 841 g/mol. The maximum absolute atomic E-state index is 12.7. The van der Waals surface area contributed by atoms with Crippen molar-refractivity contribution in [1.29, 1.82) is 0 Å². The highest BCUT2D eigenvalue weighted by Gasteiger charge is 2.19. The molecule has 0 aliphatic rings. The fourth-order valence-corrected chi connectivity index (χ4v) is 5.80. The Kier molecular flexibility index (Phi) is 44.7. The molecular formula is C55H84O6. The van der Waals surface area contributed by atoms with Crippen molar-refractivity contribution in [3.63, 3.8) is 0 Å². The summed E-state index contributed by atoms with van der Waals surface area (Å²) in [5.74, 6) is -1.08. The largest absolute Gasteiger partial charge is 0.462 e. The van der Waals surface area contributed by atoms with Gasteiger partial charge in [0.05, 0.1) is 0 Å². The molecule has 0 saturated carbocycles. The van der Waals surface area contributed by atoms with Gasteiger partial charge in [0.1, 0.15) is 13.2 Å². The van der Waals surface area contributed by atoms with E-state index in [2.05, 4.69) is 99.8 Å². The van der Waals surface area contributed by atoms with E-state index in [0.717, 1.165) is 83.5 Å². The summed E-state index contributed by atoms with van der Waals surface area (Å²) in [7, 11) is 0. The van der Waals surface area contributed by atoms with E-state index < -0.39 is 12.1 Å². The van der Waals surface area contributed by atoms with Crippen molar-refractivity contribution in [2.24, 2.45) is 0 Å². The van der Waals surface area contributed by atoms with E-state index in [-0.39, 0.29) is 38.0 Å². The highest BCUT2D eigenvalue weighted by molar-refractivity contribution is 5.71. The summed E-state index contributed by atoms with van der Waals surface area (Å²) in [4.78, 5) is 37.8. The Morgan fingerprint density at radius 2 is 0.689 bits per heavy atom. The summed E-state index contributed by atoms with van der Waals surface area (Å²) >= 11 is 0. The SMILES string of the molecule is CC\C=C/C=C\C=C/C=C\C=C/CCCC(=O)OC(COC(=O)CCC/C=C\C/C=C\C/C=C\CC)COC(=O)CCCCCCCCCCC/C=C\C/C=C\C/C=C\CC. The smallest absolute Gasteiger partial charge is 0.306 e. The van der Waals surface area contributed by atoms with Crippen molar-refractivity contribution in [3.05, 3.63) is 134 Å². The van der Waals surface area contributed by atoms with Gasteiger partial charge in [-0.1, -0.05) is 199 Å². The first kappa shape index (κ1) is 56.5. The molecule has 1 unspecified atom stereocenters. The quantitative estimate of drug-likeness (QED) is 0.0201. The van der Waals surface area contributed by atoms with Crippen molar-refractivity contribution in [1.82, 2.24) is 0 Å². The highest BCUT2D eigenvalue weighted by Crippen LogP contribution is 2.13. The number of hydrogen-bond donors (Lipinski definition) is 0. The molecular weight excluding hydrogens is 757 g/mol. The van der Waals surface area contributed by atoms with Gasteiger partial charge in [-0.15, -0.1) is 0 Å². The van der Waals surface area contributed by atoms with Crippen LogP contribution in [0.2, 0.25) is 0 Å². The summed E-state index contributed by atoms with van der Waals surface area (Å²) in [6.45, 7) is 6.11. The zero-order valence-electron chi connectivity index (χ0n) is 38.6. The van der Waals surface area contributed by atoms with Crippen LogP contribution < -0.4 is 0 Å². The number of ether oxygens (including phenoxy) is 3. The first-order valence-corrected chi connectivity index (χ1v) is 23.8. The number of hydrogen-bond acceptors (Lipinski definition) is 6. The summed E-state index contributed by atoms with van der Waals surface area (Å²) in [6.07, 6.45) is 67.4. The first-order chi connectivity index (χ1) is 30.0. The summed E-state index contributed by atoms with van der Waals surface area (Å²) < 4.78 is 16.6. The number of carbonyl (C=O) groups excluding carboxylic acids is 3. The van der Waals surface area contributed by atoms with Crippen LogP contribution in [-0.2, 0) is 28.6 Å². The van der Waals surface area contributed by atoms with E-state index in [1.54, 1.807) is 0 Å². The van der Waals surface area contributed by atoms with Crippen LogP contribution in [0.4, 0.5) is 0 Å². The van der Waals surface area contributed by atoms with Gasteiger partial charge in [0.25, 0.3) is 0 Å². The molecule has 340 valence electrons. The van der Waals surface area contributed by atoms with Gasteiger partial charge in [0, 0.05) is 19.3 Å². The normalized spacial score (nSPS) is 13.3. The molecule has 0 aliphatic carbocycles. The molecule has 6 nitrogen and oxygen atoms in total. The van der Waals surface area contributed by atoms with Crippen LogP contribution in [0, 0.1) is 0 Å². The molecule has 0 heterocycles. The van der Waals surface area contributed by atoms with Crippen molar-refractivity contribution >= 4 is 17.9 Å². The van der Waals surface area contributed by atoms with Crippen LogP contribution in [0.5, 0.6) is 0 Å². The van der Waals surface area contributed by atoms with Gasteiger partial charge in [-0.2, -0.15) is 0 Å². The Morgan fingerprint density at radius 1 is 0.344 bits per heavy atom. The molecule has 0 aromatic carbocycles. The molecule has 0 amide bonds. The number of allylic oxidation sites excluding steroid dienone is 22. The molecule has 0 fully saturated rings. The molecule has 0 radical (unpaired) electrons. The Bertz CT molecular complexity index is 1380. The third-order valence-corrected chi connectivity index (χ3v) is 9.26. The van der Waals surface area contributed by atoms with E-state index in [4.69, 9.17) is 14.2 Å². The third-order valence-electron chi connectivity index (χ3n) is 9.26. The van der Waals surface area contributed by atoms with Crippen molar-refractivity contribution < 1.29 is 28.6 Å². The molecule has 0 aromatic rings. The third kappa shape index (κ3) is 46.5. The molecule has 61 heavy (non-hydrogen) atoms.